The number of hydrogen-bond donors (Lipinski definition) is 1. The Balaban J connectivity index is 1.66. The zero-order valence-electron chi connectivity index (χ0n) is 11.9. The lowest BCUT2D eigenvalue weighted by Gasteiger charge is -2.27. The maximum atomic E-state index is 4.46. The topological polar surface area (TPSA) is 37.8 Å². The highest BCUT2D eigenvalue weighted by atomic mass is 15.0. The van der Waals surface area contributed by atoms with Crippen LogP contribution in [0.15, 0.2) is 18.6 Å². The molecule has 1 aromatic rings. The summed E-state index contributed by atoms with van der Waals surface area (Å²) in [4.78, 5) is 8.50. The van der Waals surface area contributed by atoms with E-state index in [4.69, 9.17) is 0 Å². The van der Waals surface area contributed by atoms with Crippen molar-refractivity contribution in [2.45, 2.75) is 51.5 Å². The molecule has 0 saturated heterocycles. The molecule has 1 aromatic heterocycles. The summed E-state index contributed by atoms with van der Waals surface area (Å²) in [6.07, 6.45) is 11.9. The summed E-state index contributed by atoms with van der Waals surface area (Å²) >= 11 is 0. The van der Waals surface area contributed by atoms with Crippen molar-refractivity contribution in [1.82, 2.24) is 15.3 Å². The van der Waals surface area contributed by atoms with Gasteiger partial charge in [0.05, 0.1) is 5.69 Å². The highest BCUT2D eigenvalue weighted by molar-refractivity contribution is 5.06. The molecule has 3 heteroatoms. The van der Waals surface area contributed by atoms with Crippen LogP contribution in [0, 0.1) is 17.8 Å². The van der Waals surface area contributed by atoms with Gasteiger partial charge in [-0.3, -0.25) is 0 Å². The fourth-order valence-corrected chi connectivity index (χ4v) is 4.10. The van der Waals surface area contributed by atoms with E-state index in [2.05, 4.69) is 28.3 Å². The molecule has 2 aliphatic rings. The normalized spacial score (nSPS) is 30.7. The molecule has 0 spiro atoms. The smallest absolute Gasteiger partial charge is 0.115 e. The Hall–Kier alpha value is -0.960. The largest absolute Gasteiger partial charge is 0.309 e. The molecule has 3 rings (SSSR count). The highest BCUT2D eigenvalue weighted by Gasteiger charge is 2.40. The standard InChI is InChI=1S/C16H25N3/c1-2-6-18-16(15-5-7-17-11-19-15)10-14-9-12-3-4-13(14)8-12/h5,7,11-14,16,18H,2-4,6,8-10H2,1H3. The van der Waals surface area contributed by atoms with Crippen LogP contribution in [-0.4, -0.2) is 16.5 Å². The highest BCUT2D eigenvalue weighted by Crippen LogP contribution is 2.50. The van der Waals surface area contributed by atoms with Gasteiger partial charge in [0.25, 0.3) is 0 Å². The van der Waals surface area contributed by atoms with Gasteiger partial charge in [0.15, 0.2) is 0 Å². The third-order valence-corrected chi connectivity index (χ3v) is 5.03. The maximum Gasteiger partial charge on any atom is 0.115 e. The van der Waals surface area contributed by atoms with Crippen LogP contribution in [0.3, 0.4) is 0 Å². The Morgan fingerprint density at radius 1 is 1.37 bits per heavy atom. The van der Waals surface area contributed by atoms with Crippen LogP contribution < -0.4 is 5.32 Å². The SMILES string of the molecule is CCCNC(CC1CC2CCC1C2)c1ccncn1. The minimum Gasteiger partial charge on any atom is -0.309 e. The van der Waals surface area contributed by atoms with Crippen LogP contribution in [-0.2, 0) is 0 Å². The molecule has 0 aromatic carbocycles. The number of aromatic nitrogens is 2. The Bertz CT molecular complexity index is 392. The van der Waals surface area contributed by atoms with Gasteiger partial charge in [0.1, 0.15) is 6.33 Å². The molecule has 1 heterocycles. The summed E-state index contributed by atoms with van der Waals surface area (Å²) in [5, 5.41) is 3.68. The Morgan fingerprint density at radius 3 is 2.95 bits per heavy atom. The van der Waals surface area contributed by atoms with Gasteiger partial charge < -0.3 is 5.32 Å². The van der Waals surface area contributed by atoms with Crippen LogP contribution in [0.25, 0.3) is 0 Å². The van der Waals surface area contributed by atoms with E-state index in [0.29, 0.717) is 6.04 Å². The quantitative estimate of drug-likeness (QED) is 0.851. The number of rotatable bonds is 6. The van der Waals surface area contributed by atoms with Crippen molar-refractivity contribution >= 4 is 0 Å². The van der Waals surface area contributed by atoms with Crippen LogP contribution >= 0.6 is 0 Å². The van der Waals surface area contributed by atoms with E-state index in [1.54, 1.807) is 6.33 Å². The minimum absolute atomic E-state index is 0.423. The van der Waals surface area contributed by atoms with Gasteiger partial charge in [-0.25, -0.2) is 9.97 Å². The van der Waals surface area contributed by atoms with Crippen molar-refractivity contribution in [3.8, 4) is 0 Å². The first-order valence-corrected chi connectivity index (χ1v) is 7.86. The number of fused-ring (bicyclic) bond motifs is 2. The second-order valence-electron chi connectivity index (χ2n) is 6.31. The second kappa shape index (κ2) is 6.00. The second-order valence-corrected chi connectivity index (χ2v) is 6.31. The summed E-state index contributed by atoms with van der Waals surface area (Å²) in [7, 11) is 0. The lowest BCUT2D eigenvalue weighted by Crippen LogP contribution is -2.27. The number of hydrogen-bond acceptors (Lipinski definition) is 3. The monoisotopic (exact) mass is 259 g/mol. The number of nitrogens with zero attached hydrogens (tertiary/aromatic N) is 2. The van der Waals surface area contributed by atoms with Gasteiger partial charge in [-0.1, -0.05) is 13.3 Å². The van der Waals surface area contributed by atoms with Crippen LogP contribution in [0.1, 0.15) is 57.2 Å². The van der Waals surface area contributed by atoms with E-state index in [0.717, 1.165) is 24.3 Å². The zero-order valence-corrected chi connectivity index (χ0v) is 11.9. The molecule has 2 aliphatic carbocycles. The third kappa shape index (κ3) is 2.97. The fourth-order valence-electron chi connectivity index (χ4n) is 4.10. The Labute approximate surface area is 116 Å². The molecule has 104 valence electrons. The van der Waals surface area contributed by atoms with E-state index >= 15 is 0 Å². The average Bonchev–Trinajstić information content (AvgIpc) is 3.07. The summed E-state index contributed by atoms with van der Waals surface area (Å²) in [6, 6.07) is 2.49. The molecule has 2 fully saturated rings. The molecule has 4 atom stereocenters. The predicted molar refractivity (Wildman–Crippen MR) is 76.6 cm³/mol. The predicted octanol–water partition coefficient (Wildman–Crippen LogP) is 3.34. The molecule has 2 saturated carbocycles. The molecular weight excluding hydrogens is 234 g/mol. The van der Waals surface area contributed by atoms with E-state index < -0.39 is 0 Å². The van der Waals surface area contributed by atoms with Crippen LogP contribution in [0.2, 0.25) is 0 Å². The van der Waals surface area contributed by atoms with Crippen molar-refractivity contribution in [2.75, 3.05) is 6.54 Å². The first-order chi connectivity index (χ1) is 9.36. The first-order valence-electron chi connectivity index (χ1n) is 7.86. The molecule has 0 amide bonds. The summed E-state index contributed by atoms with van der Waals surface area (Å²) < 4.78 is 0. The fraction of sp³-hybridized carbons (Fsp3) is 0.750. The van der Waals surface area contributed by atoms with Crippen molar-refractivity contribution < 1.29 is 0 Å². The molecule has 1 N–H and O–H groups in total. The van der Waals surface area contributed by atoms with Crippen LogP contribution in [0.4, 0.5) is 0 Å². The molecule has 19 heavy (non-hydrogen) atoms. The van der Waals surface area contributed by atoms with E-state index in [-0.39, 0.29) is 0 Å². The van der Waals surface area contributed by atoms with Crippen molar-refractivity contribution in [2.24, 2.45) is 17.8 Å². The summed E-state index contributed by atoms with van der Waals surface area (Å²) in [5.41, 5.74) is 1.17. The summed E-state index contributed by atoms with van der Waals surface area (Å²) in [6.45, 7) is 3.30. The van der Waals surface area contributed by atoms with Gasteiger partial charge >= 0.3 is 0 Å². The first kappa shape index (κ1) is 13.0. The average molecular weight is 259 g/mol. The van der Waals surface area contributed by atoms with Crippen molar-refractivity contribution in [1.29, 1.82) is 0 Å². The lowest BCUT2D eigenvalue weighted by molar-refractivity contribution is 0.277. The Morgan fingerprint density at radius 2 is 2.32 bits per heavy atom. The lowest BCUT2D eigenvalue weighted by atomic mass is 9.83. The van der Waals surface area contributed by atoms with Gasteiger partial charge in [0, 0.05) is 12.2 Å². The zero-order chi connectivity index (χ0) is 13.1. The molecule has 3 nitrogen and oxygen atoms in total. The molecule has 0 aliphatic heterocycles. The van der Waals surface area contributed by atoms with E-state index in [1.165, 1.54) is 44.2 Å². The van der Waals surface area contributed by atoms with Crippen LogP contribution in [0.5, 0.6) is 0 Å². The maximum absolute atomic E-state index is 4.46. The molecular formula is C16H25N3. The van der Waals surface area contributed by atoms with Gasteiger partial charge in [0.2, 0.25) is 0 Å². The van der Waals surface area contributed by atoms with E-state index in [9.17, 15) is 0 Å². The molecule has 4 unspecified atom stereocenters. The minimum atomic E-state index is 0.423. The van der Waals surface area contributed by atoms with Crippen molar-refractivity contribution in [3.05, 3.63) is 24.3 Å². The molecule has 0 radical (unpaired) electrons. The summed E-state index contributed by atoms with van der Waals surface area (Å²) in [5.74, 6) is 2.95. The molecule has 2 bridgehead atoms. The van der Waals surface area contributed by atoms with Crippen molar-refractivity contribution in [3.63, 3.8) is 0 Å². The Kier molecular flexibility index (Phi) is 4.12. The number of nitrogens with one attached hydrogen (secondary N) is 1. The van der Waals surface area contributed by atoms with Gasteiger partial charge in [-0.05, 0) is 62.5 Å². The van der Waals surface area contributed by atoms with Gasteiger partial charge in [-0.15, -0.1) is 0 Å². The van der Waals surface area contributed by atoms with Gasteiger partial charge in [-0.2, -0.15) is 0 Å². The van der Waals surface area contributed by atoms with E-state index in [1.807, 2.05) is 6.20 Å². The third-order valence-electron chi connectivity index (χ3n) is 5.03.